The summed E-state index contributed by atoms with van der Waals surface area (Å²) in [6.45, 7) is 11.2. The molecule has 36 heavy (non-hydrogen) atoms. The third kappa shape index (κ3) is 3.26. The fraction of sp³-hybridized carbons (Fsp3) is 0.483. The lowest BCUT2D eigenvalue weighted by Gasteiger charge is -2.57. The smallest absolute Gasteiger partial charge is 0.245 e. The maximum Gasteiger partial charge on any atom is 0.245 e. The second-order valence-corrected chi connectivity index (χ2v) is 12.1. The average Bonchev–Trinajstić information content (AvgIpc) is 3.32. The molecule has 1 amide bonds. The first-order valence-electron chi connectivity index (χ1n) is 12.7. The predicted octanol–water partition coefficient (Wildman–Crippen LogP) is 4.68. The van der Waals surface area contributed by atoms with Gasteiger partial charge in [0.2, 0.25) is 5.91 Å². The quantitative estimate of drug-likeness (QED) is 0.614. The van der Waals surface area contributed by atoms with Gasteiger partial charge in [-0.25, -0.2) is 4.98 Å². The van der Waals surface area contributed by atoms with E-state index in [1.54, 1.807) is 0 Å². The fourth-order valence-electron chi connectivity index (χ4n) is 7.11. The van der Waals surface area contributed by atoms with Gasteiger partial charge in [0.25, 0.3) is 0 Å². The van der Waals surface area contributed by atoms with E-state index < -0.39 is 0 Å². The summed E-state index contributed by atoms with van der Waals surface area (Å²) in [4.78, 5) is 21.4. The Kier molecular flexibility index (Phi) is 5.27. The van der Waals surface area contributed by atoms with Gasteiger partial charge in [-0.3, -0.25) is 4.79 Å². The highest BCUT2D eigenvalue weighted by molar-refractivity contribution is 6.33. The van der Waals surface area contributed by atoms with Crippen LogP contribution in [0.25, 0.3) is 11.1 Å². The van der Waals surface area contributed by atoms with Crippen LogP contribution in [0.3, 0.4) is 0 Å². The van der Waals surface area contributed by atoms with Crippen LogP contribution in [-0.2, 0) is 17.8 Å². The number of likely N-dealkylation sites (tertiary alicyclic amines) is 1. The summed E-state index contributed by atoms with van der Waals surface area (Å²) < 4.78 is 0. The van der Waals surface area contributed by atoms with E-state index in [1.807, 2.05) is 23.1 Å². The Balaban J connectivity index is 1.48. The highest BCUT2D eigenvalue weighted by Gasteiger charge is 2.55. The highest BCUT2D eigenvalue weighted by atomic mass is 35.5. The SMILES string of the molecule is C=CC(=O)N1CC2(CCN(c3nc4c(c(-c5cc(CO)ccc5Cl)c3C#N)C[C@H]3C[C@@H]4C3(C)C)C2)C1. The topological polar surface area (TPSA) is 80.5 Å². The minimum Gasteiger partial charge on any atom is -0.392 e. The number of aliphatic hydroxyl groups excluding tert-OH is 1. The summed E-state index contributed by atoms with van der Waals surface area (Å²) in [6.07, 6.45) is 4.36. The summed E-state index contributed by atoms with van der Waals surface area (Å²) in [5.41, 5.74) is 5.51. The van der Waals surface area contributed by atoms with Crippen LogP contribution in [0.1, 0.15) is 55.0 Å². The van der Waals surface area contributed by atoms with E-state index in [2.05, 4.69) is 31.4 Å². The molecule has 2 aliphatic heterocycles. The van der Waals surface area contributed by atoms with Crippen molar-refractivity contribution in [2.24, 2.45) is 16.7 Å². The van der Waals surface area contributed by atoms with E-state index in [4.69, 9.17) is 16.6 Å². The Labute approximate surface area is 217 Å². The third-order valence-electron chi connectivity index (χ3n) is 9.43. The molecule has 0 unspecified atom stereocenters. The Morgan fingerprint density at radius 1 is 1.36 bits per heavy atom. The van der Waals surface area contributed by atoms with Crippen LogP contribution in [0.5, 0.6) is 0 Å². The van der Waals surface area contributed by atoms with Crippen molar-refractivity contribution in [1.29, 1.82) is 5.26 Å². The van der Waals surface area contributed by atoms with Gasteiger partial charge in [-0.15, -0.1) is 0 Å². The molecule has 2 saturated heterocycles. The molecule has 1 aromatic heterocycles. The van der Waals surface area contributed by atoms with E-state index in [1.165, 1.54) is 6.08 Å². The van der Waals surface area contributed by atoms with E-state index in [0.717, 1.165) is 79.2 Å². The van der Waals surface area contributed by atoms with Crippen LogP contribution in [0.15, 0.2) is 30.9 Å². The first kappa shape index (κ1) is 23.5. The number of nitrogens with zero attached hydrogens (tertiary/aromatic N) is 4. The number of hydrogen-bond acceptors (Lipinski definition) is 5. The zero-order valence-electron chi connectivity index (χ0n) is 20.9. The molecule has 0 radical (unpaired) electrons. The van der Waals surface area contributed by atoms with Gasteiger partial charge in [-0.2, -0.15) is 5.26 Å². The molecule has 3 aliphatic carbocycles. The molecule has 7 heteroatoms. The number of carbonyl (C=O) groups is 1. The van der Waals surface area contributed by atoms with Crippen molar-refractivity contribution in [2.45, 2.75) is 45.6 Å². The van der Waals surface area contributed by atoms with Crippen LogP contribution in [0, 0.1) is 28.1 Å². The molecule has 1 spiro atoms. The monoisotopic (exact) mass is 502 g/mol. The van der Waals surface area contributed by atoms with Crippen molar-refractivity contribution in [1.82, 2.24) is 9.88 Å². The molecule has 2 bridgehead atoms. The molecule has 3 fully saturated rings. The largest absolute Gasteiger partial charge is 0.392 e. The lowest BCUT2D eigenvalue weighted by atomic mass is 9.48. The molecule has 2 aromatic rings. The number of carbonyl (C=O) groups excluding carboxylic acids is 1. The van der Waals surface area contributed by atoms with Gasteiger partial charge in [0.15, 0.2) is 0 Å². The van der Waals surface area contributed by atoms with Gasteiger partial charge in [-0.05, 0) is 59.9 Å². The number of aliphatic hydroxyl groups is 1. The molecule has 1 saturated carbocycles. The number of hydrogen-bond donors (Lipinski definition) is 1. The van der Waals surface area contributed by atoms with Crippen molar-refractivity contribution < 1.29 is 9.90 Å². The molecule has 1 aromatic carbocycles. The molecule has 6 nitrogen and oxygen atoms in total. The molecule has 2 atom stereocenters. The molecular weight excluding hydrogens is 472 g/mol. The van der Waals surface area contributed by atoms with Crippen molar-refractivity contribution in [3.63, 3.8) is 0 Å². The minimum atomic E-state index is -0.0843. The maximum absolute atomic E-state index is 12.0. The molecule has 1 N–H and O–H groups in total. The van der Waals surface area contributed by atoms with Gasteiger partial charge in [0, 0.05) is 53.7 Å². The number of aromatic nitrogens is 1. The zero-order valence-corrected chi connectivity index (χ0v) is 21.6. The highest BCUT2D eigenvalue weighted by Crippen LogP contribution is 2.63. The van der Waals surface area contributed by atoms with Gasteiger partial charge < -0.3 is 14.9 Å². The van der Waals surface area contributed by atoms with Gasteiger partial charge in [0.05, 0.1) is 12.3 Å². The molecule has 7 rings (SSSR count). The average molecular weight is 503 g/mol. The Bertz CT molecular complexity index is 1340. The van der Waals surface area contributed by atoms with Crippen LogP contribution >= 0.6 is 11.6 Å². The normalized spacial score (nSPS) is 24.5. The Morgan fingerprint density at radius 3 is 2.81 bits per heavy atom. The van der Waals surface area contributed by atoms with Gasteiger partial charge in [0.1, 0.15) is 17.5 Å². The standard InChI is InChI=1S/C29H31ClN4O2/c1-4-24(36)34-15-29(16-34)7-8-33(14-29)27-21(12-31)25(19-9-17(13-35)5-6-23(19)30)20-10-18-11-22(26(20)32-27)28(18,2)3/h4-6,9,18,22,35H,1,7-8,10-11,13-16H2,2-3H3/t18-,22-/m0/s1. The van der Waals surface area contributed by atoms with Crippen molar-refractivity contribution in [3.05, 3.63) is 58.3 Å². The number of nitriles is 1. The molecule has 186 valence electrons. The molecule has 3 heterocycles. The molecular formula is C29H31ClN4O2. The first-order valence-corrected chi connectivity index (χ1v) is 13.1. The fourth-order valence-corrected chi connectivity index (χ4v) is 7.32. The van der Waals surface area contributed by atoms with E-state index in [-0.39, 0.29) is 23.3 Å². The Hall–Kier alpha value is -2.88. The summed E-state index contributed by atoms with van der Waals surface area (Å²) >= 11 is 6.74. The third-order valence-corrected chi connectivity index (χ3v) is 9.76. The predicted molar refractivity (Wildman–Crippen MR) is 140 cm³/mol. The second-order valence-electron chi connectivity index (χ2n) is 11.7. The summed E-state index contributed by atoms with van der Waals surface area (Å²) in [6, 6.07) is 8.06. The van der Waals surface area contributed by atoms with Gasteiger partial charge in [-0.1, -0.05) is 38.1 Å². The number of benzene rings is 1. The first-order chi connectivity index (χ1) is 17.2. The van der Waals surface area contributed by atoms with Crippen LogP contribution in [-0.4, -0.2) is 47.1 Å². The maximum atomic E-state index is 12.0. The van der Waals surface area contributed by atoms with Gasteiger partial charge >= 0.3 is 0 Å². The number of amides is 1. The number of rotatable bonds is 4. The minimum absolute atomic E-state index is 0.0221. The lowest BCUT2D eigenvalue weighted by molar-refractivity contribution is -0.136. The van der Waals surface area contributed by atoms with Crippen LogP contribution in [0.2, 0.25) is 5.02 Å². The van der Waals surface area contributed by atoms with E-state index in [0.29, 0.717) is 22.4 Å². The number of halogens is 1. The van der Waals surface area contributed by atoms with E-state index >= 15 is 0 Å². The lowest BCUT2D eigenvalue weighted by Crippen LogP contribution is -2.59. The summed E-state index contributed by atoms with van der Waals surface area (Å²) in [5, 5.41) is 20.9. The van der Waals surface area contributed by atoms with Crippen molar-refractivity contribution in [2.75, 3.05) is 31.1 Å². The zero-order chi connectivity index (χ0) is 25.4. The number of pyridine rings is 1. The van der Waals surface area contributed by atoms with Crippen LogP contribution in [0.4, 0.5) is 5.82 Å². The summed E-state index contributed by atoms with van der Waals surface area (Å²) in [7, 11) is 0. The van der Waals surface area contributed by atoms with Crippen molar-refractivity contribution >= 4 is 23.3 Å². The van der Waals surface area contributed by atoms with Crippen molar-refractivity contribution in [3.8, 4) is 17.2 Å². The number of anilines is 1. The Morgan fingerprint density at radius 2 is 2.14 bits per heavy atom. The van der Waals surface area contributed by atoms with Crippen LogP contribution < -0.4 is 4.90 Å². The van der Waals surface area contributed by atoms with E-state index in [9.17, 15) is 15.2 Å². The summed E-state index contributed by atoms with van der Waals surface area (Å²) in [5.74, 6) is 1.64. The molecule has 5 aliphatic rings. The second kappa shape index (κ2) is 8.06.